The lowest BCUT2D eigenvalue weighted by Gasteiger charge is -2.31. The molecule has 0 aromatic heterocycles. The molecular formula is C14H32N4O. The molecule has 1 atom stereocenters. The molecule has 1 heterocycles. The second-order valence-corrected chi connectivity index (χ2v) is 5.75. The van der Waals surface area contributed by atoms with Crippen molar-refractivity contribution in [3.8, 4) is 0 Å². The number of aliphatic hydroxyl groups excluding tert-OH is 1. The normalized spacial score (nSPS) is 19.3. The Hall–Kier alpha value is -0.200. The van der Waals surface area contributed by atoms with E-state index >= 15 is 0 Å². The maximum Gasteiger partial charge on any atom is 0.0793 e. The van der Waals surface area contributed by atoms with E-state index in [2.05, 4.69) is 41.0 Å². The molecule has 0 bridgehead atoms. The van der Waals surface area contributed by atoms with Gasteiger partial charge >= 0.3 is 0 Å². The summed E-state index contributed by atoms with van der Waals surface area (Å²) in [6, 6.07) is 0. The van der Waals surface area contributed by atoms with Crippen LogP contribution in [-0.2, 0) is 0 Å². The molecule has 5 nitrogen and oxygen atoms in total. The van der Waals surface area contributed by atoms with Gasteiger partial charge in [0.1, 0.15) is 0 Å². The van der Waals surface area contributed by atoms with Gasteiger partial charge in [-0.2, -0.15) is 0 Å². The molecule has 1 aliphatic rings. The minimum atomic E-state index is -0.225. The van der Waals surface area contributed by atoms with E-state index in [9.17, 15) is 5.11 Å². The van der Waals surface area contributed by atoms with E-state index in [0.29, 0.717) is 0 Å². The van der Waals surface area contributed by atoms with Gasteiger partial charge in [0.2, 0.25) is 0 Å². The van der Waals surface area contributed by atoms with Crippen molar-refractivity contribution in [2.45, 2.75) is 19.4 Å². The molecule has 0 amide bonds. The summed E-state index contributed by atoms with van der Waals surface area (Å²) >= 11 is 0. The van der Waals surface area contributed by atoms with Crippen molar-refractivity contribution in [1.82, 2.24) is 20.0 Å². The van der Waals surface area contributed by atoms with Crippen LogP contribution in [0.5, 0.6) is 0 Å². The van der Waals surface area contributed by atoms with Gasteiger partial charge in [-0.25, -0.2) is 0 Å². The lowest BCUT2D eigenvalue weighted by molar-refractivity contribution is 0.0700. The molecule has 0 spiro atoms. The van der Waals surface area contributed by atoms with E-state index in [0.717, 1.165) is 58.9 Å². The largest absolute Gasteiger partial charge is 0.390 e. The van der Waals surface area contributed by atoms with Crippen LogP contribution in [0.25, 0.3) is 0 Å². The second-order valence-electron chi connectivity index (χ2n) is 5.75. The van der Waals surface area contributed by atoms with Gasteiger partial charge < -0.3 is 20.2 Å². The number of nitrogens with one attached hydrogen (secondary N) is 1. The number of piperazine rings is 1. The first kappa shape index (κ1) is 16.9. The summed E-state index contributed by atoms with van der Waals surface area (Å²) in [5.41, 5.74) is 0. The molecule has 2 N–H and O–H groups in total. The Morgan fingerprint density at radius 3 is 2.47 bits per heavy atom. The first-order chi connectivity index (χ1) is 9.11. The summed E-state index contributed by atoms with van der Waals surface area (Å²) < 4.78 is 0. The highest BCUT2D eigenvalue weighted by molar-refractivity contribution is 4.73. The van der Waals surface area contributed by atoms with Gasteiger partial charge in [0, 0.05) is 39.3 Å². The molecule has 1 saturated heterocycles. The fourth-order valence-electron chi connectivity index (χ4n) is 2.54. The molecule has 114 valence electrons. The van der Waals surface area contributed by atoms with Crippen molar-refractivity contribution < 1.29 is 5.11 Å². The van der Waals surface area contributed by atoms with Gasteiger partial charge in [-0.15, -0.1) is 0 Å². The van der Waals surface area contributed by atoms with Crippen LogP contribution in [0.4, 0.5) is 0 Å². The number of likely N-dealkylation sites (N-methyl/N-ethyl adjacent to an activating group) is 1. The van der Waals surface area contributed by atoms with E-state index in [1.807, 2.05) is 0 Å². The standard InChI is InChI=1S/C14H32N4O/c1-4-17(9-5-8-16(2)3)12-14(19)13-18-10-6-15-7-11-18/h14-15,19H,4-13H2,1-3H3. The van der Waals surface area contributed by atoms with Gasteiger partial charge in [-0.3, -0.25) is 4.90 Å². The third-order valence-corrected chi connectivity index (χ3v) is 3.67. The summed E-state index contributed by atoms with van der Waals surface area (Å²) in [5, 5.41) is 13.5. The van der Waals surface area contributed by atoms with Gasteiger partial charge in [0.25, 0.3) is 0 Å². The maximum atomic E-state index is 10.2. The van der Waals surface area contributed by atoms with E-state index in [-0.39, 0.29) is 6.10 Å². The minimum absolute atomic E-state index is 0.225. The Morgan fingerprint density at radius 2 is 1.89 bits per heavy atom. The monoisotopic (exact) mass is 272 g/mol. The number of nitrogens with zero attached hydrogens (tertiary/aromatic N) is 3. The smallest absolute Gasteiger partial charge is 0.0793 e. The Balaban J connectivity index is 2.17. The SMILES string of the molecule is CCN(CCCN(C)C)CC(O)CN1CCNCC1. The number of rotatable bonds is 9. The van der Waals surface area contributed by atoms with Crippen LogP contribution in [-0.4, -0.2) is 98.9 Å². The summed E-state index contributed by atoms with van der Waals surface area (Å²) in [4.78, 5) is 6.93. The Kier molecular flexibility index (Phi) is 8.57. The lowest BCUT2D eigenvalue weighted by Crippen LogP contribution is -2.48. The Bertz CT molecular complexity index is 219. The molecule has 0 aromatic rings. The maximum absolute atomic E-state index is 10.2. The van der Waals surface area contributed by atoms with Gasteiger partial charge in [0.15, 0.2) is 0 Å². The minimum Gasteiger partial charge on any atom is -0.390 e. The molecule has 0 aromatic carbocycles. The quantitative estimate of drug-likeness (QED) is 0.594. The molecule has 19 heavy (non-hydrogen) atoms. The topological polar surface area (TPSA) is 42.0 Å². The van der Waals surface area contributed by atoms with Gasteiger partial charge in [0.05, 0.1) is 6.10 Å². The summed E-state index contributed by atoms with van der Waals surface area (Å²) in [7, 11) is 4.21. The zero-order valence-corrected chi connectivity index (χ0v) is 12.9. The highest BCUT2D eigenvalue weighted by Crippen LogP contribution is 2.00. The summed E-state index contributed by atoms with van der Waals surface area (Å²) in [6.07, 6.45) is 0.943. The van der Waals surface area contributed by atoms with Crippen LogP contribution >= 0.6 is 0 Å². The van der Waals surface area contributed by atoms with Crippen LogP contribution in [0.3, 0.4) is 0 Å². The van der Waals surface area contributed by atoms with E-state index in [1.54, 1.807) is 0 Å². The third kappa shape index (κ3) is 7.84. The van der Waals surface area contributed by atoms with Gasteiger partial charge in [-0.1, -0.05) is 6.92 Å². The van der Waals surface area contributed by atoms with Crippen LogP contribution in [0.15, 0.2) is 0 Å². The highest BCUT2D eigenvalue weighted by Gasteiger charge is 2.16. The number of aliphatic hydroxyl groups is 1. The number of β-amino-alcohol motifs (C(OH)–C–C–N with tert-alkyl or cyclic N) is 1. The van der Waals surface area contributed by atoms with Crippen LogP contribution in [0.1, 0.15) is 13.3 Å². The summed E-state index contributed by atoms with van der Waals surface area (Å²) in [5.74, 6) is 0. The van der Waals surface area contributed by atoms with E-state index < -0.39 is 0 Å². The predicted octanol–water partition coefficient (Wildman–Crippen LogP) is -0.474. The zero-order chi connectivity index (χ0) is 14.1. The first-order valence-electron chi connectivity index (χ1n) is 7.60. The van der Waals surface area contributed by atoms with Crippen molar-refractivity contribution in [3.05, 3.63) is 0 Å². The summed E-state index contributed by atoms with van der Waals surface area (Å²) in [6.45, 7) is 11.2. The highest BCUT2D eigenvalue weighted by atomic mass is 16.3. The van der Waals surface area contributed by atoms with Crippen LogP contribution in [0, 0.1) is 0 Å². The molecule has 1 fully saturated rings. The van der Waals surface area contributed by atoms with Crippen molar-refractivity contribution >= 4 is 0 Å². The second kappa shape index (κ2) is 9.66. The lowest BCUT2D eigenvalue weighted by atomic mass is 10.2. The number of hydrogen-bond donors (Lipinski definition) is 2. The third-order valence-electron chi connectivity index (χ3n) is 3.67. The van der Waals surface area contributed by atoms with Crippen molar-refractivity contribution in [1.29, 1.82) is 0 Å². The average molecular weight is 272 g/mol. The Morgan fingerprint density at radius 1 is 1.21 bits per heavy atom. The molecule has 0 saturated carbocycles. The fraction of sp³-hybridized carbons (Fsp3) is 1.00. The Labute approximate surface area is 118 Å². The van der Waals surface area contributed by atoms with Crippen molar-refractivity contribution in [2.75, 3.05) is 73.0 Å². The zero-order valence-electron chi connectivity index (χ0n) is 12.9. The molecule has 1 unspecified atom stereocenters. The average Bonchev–Trinajstić information content (AvgIpc) is 2.38. The van der Waals surface area contributed by atoms with Gasteiger partial charge in [-0.05, 0) is 40.2 Å². The van der Waals surface area contributed by atoms with Crippen LogP contribution < -0.4 is 5.32 Å². The van der Waals surface area contributed by atoms with E-state index in [1.165, 1.54) is 6.42 Å². The van der Waals surface area contributed by atoms with Crippen molar-refractivity contribution in [2.24, 2.45) is 0 Å². The molecule has 5 heteroatoms. The molecule has 1 rings (SSSR count). The van der Waals surface area contributed by atoms with E-state index in [4.69, 9.17) is 0 Å². The number of hydrogen-bond acceptors (Lipinski definition) is 5. The molecule has 1 aliphatic heterocycles. The molecule has 0 aliphatic carbocycles. The molecular weight excluding hydrogens is 240 g/mol. The molecule has 0 radical (unpaired) electrons. The predicted molar refractivity (Wildman–Crippen MR) is 80.6 cm³/mol. The first-order valence-corrected chi connectivity index (χ1v) is 7.60. The fourth-order valence-corrected chi connectivity index (χ4v) is 2.54. The van der Waals surface area contributed by atoms with Crippen molar-refractivity contribution in [3.63, 3.8) is 0 Å². The van der Waals surface area contributed by atoms with Crippen LogP contribution in [0.2, 0.25) is 0 Å².